The fourth-order valence-electron chi connectivity index (χ4n) is 4.28. The number of thioether (sulfide) groups is 1. The minimum atomic E-state index is -0.433. The molecule has 0 bridgehead atoms. The number of imidazole rings is 1. The summed E-state index contributed by atoms with van der Waals surface area (Å²) in [6, 6.07) is 17.4. The number of anilines is 1. The number of nitrogens with one attached hydrogen (secondary N) is 2. The summed E-state index contributed by atoms with van der Waals surface area (Å²) in [7, 11) is 1.58. The topological polar surface area (TPSA) is 115 Å². The maximum atomic E-state index is 12.6. The van der Waals surface area contributed by atoms with Crippen LogP contribution in [0.5, 0.6) is 5.75 Å². The molecule has 2 aromatic carbocycles. The van der Waals surface area contributed by atoms with Gasteiger partial charge in [-0.25, -0.2) is 24.8 Å². The summed E-state index contributed by atoms with van der Waals surface area (Å²) in [6.45, 7) is 8.91. The van der Waals surface area contributed by atoms with Crippen molar-refractivity contribution < 1.29 is 4.74 Å². The molecule has 3 aromatic heterocycles. The van der Waals surface area contributed by atoms with Crippen LogP contribution in [-0.2, 0) is 13.1 Å². The van der Waals surface area contributed by atoms with E-state index in [1.54, 1.807) is 19.5 Å². The van der Waals surface area contributed by atoms with Crippen LogP contribution in [0.3, 0.4) is 0 Å². The Morgan fingerprint density at radius 2 is 1.95 bits per heavy atom. The van der Waals surface area contributed by atoms with E-state index in [0.29, 0.717) is 28.7 Å². The van der Waals surface area contributed by atoms with E-state index in [0.717, 1.165) is 48.5 Å². The van der Waals surface area contributed by atoms with Crippen molar-refractivity contribution in [1.82, 2.24) is 29.5 Å². The number of fused-ring (bicyclic) bond motifs is 1. The fourth-order valence-corrected chi connectivity index (χ4v) is 5.14. The Bertz CT molecular complexity index is 1690. The zero-order valence-corrected chi connectivity index (χ0v) is 22.8. The number of aromatic nitrogens is 6. The second-order valence-electron chi connectivity index (χ2n) is 8.99. The third kappa shape index (κ3) is 6.30. The van der Waals surface area contributed by atoms with Crippen molar-refractivity contribution in [3.05, 3.63) is 94.6 Å². The van der Waals surface area contributed by atoms with Gasteiger partial charge < -0.3 is 19.6 Å². The number of aromatic amines is 1. The lowest BCUT2D eigenvalue weighted by Gasteiger charge is -2.08. The third-order valence-electron chi connectivity index (χ3n) is 6.31. The lowest BCUT2D eigenvalue weighted by Crippen LogP contribution is -2.09. The molecule has 2 N–H and O–H groups in total. The molecule has 5 rings (SSSR count). The van der Waals surface area contributed by atoms with Crippen LogP contribution in [0.2, 0.25) is 0 Å². The number of methoxy groups -OCH3 is 1. The van der Waals surface area contributed by atoms with Gasteiger partial charge in [-0.15, -0.1) is 0 Å². The van der Waals surface area contributed by atoms with Gasteiger partial charge in [-0.3, -0.25) is 4.79 Å². The summed E-state index contributed by atoms with van der Waals surface area (Å²) >= 11 is 1.48. The van der Waals surface area contributed by atoms with E-state index in [1.807, 2.05) is 42.7 Å². The largest absolute Gasteiger partial charge is 0.497 e. The lowest BCUT2D eigenvalue weighted by atomic mass is 10.1. The fraction of sp³-hybridized carbons (Fsp3) is 0.241. The monoisotopic (exact) mass is 552 g/mol. The molecule has 10 nitrogen and oxygen atoms in total. The Balaban J connectivity index is 1.15. The zero-order valence-electron chi connectivity index (χ0n) is 22.0. The average Bonchev–Trinajstić information content (AvgIpc) is 3.41. The highest BCUT2D eigenvalue weighted by molar-refractivity contribution is 7.99. The summed E-state index contributed by atoms with van der Waals surface area (Å²) < 4.78 is 7.34. The molecule has 0 unspecified atom stereocenters. The van der Waals surface area contributed by atoms with Crippen LogP contribution in [0.25, 0.3) is 27.3 Å². The zero-order chi connectivity index (χ0) is 27.7. The smallest absolute Gasteiger partial charge is 0.276 e. The first kappa shape index (κ1) is 26.9. The predicted molar refractivity (Wildman–Crippen MR) is 157 cm³/mol. The number of hydrogen-bond acceptors (Lipinski definition) is 8. The van der Waals surface area contributed by atoms with Crippen LogP contribution in [-0.4, -0.2) is 42.3 Å². The average molecular weight is 553 g/mol. The summed E-state index contributed by atoms with van der Waals surface area (Å²) in [6.07, 6.45) is 6.27. The van der Waals surface area contributed by atoms with Crippen LogP contribution in [0.15, 0.2) is 77.2 Å². The normalized spacial score (nSPS) is 10.9. The first-order chi connectivity index (χ1) is 19.7. The van der Waals surface area contributed by atoms with Gasteiger partial charge in [0.15, 0.2) is 16.6 Å². The van der Waals surface area contributed by atoms with Crippen LogP contribution < -0.4 is 15.6 Å². The van der Waals surface area contributed by atoms with E-state index in [1.165, 1.54) is 17.3 Å². The first-order valence-electron chi connectivity index (χ1n) is 12.9. The van der Waals surface area contributed by atoms with Crippen LogP contribution in [0.1, 0.15) is 24.8 Å². The molecule has 0 radical (unpaired) electrons. The number of aryl methyl sites for hydroxylation is 1. The lowest BCUT2D eigenvalue weighted by molar-refractivity contribution is 0.415. The maximum Gasteiger partial charge on any atom is 0.276 e. The number of hydrogen-bond donors (Lipinski definition) is 2. The third-order valence-corrected chi connectivity index (χ3v) is 7.27. The van der Waals surface area contributed by atoms with Gasteiger partial charge in [0, 0.05) is 18.8 Å². The van der Waals surface area contributed by atoms with Crippen molar-refractivity contribution in [3.8, 4) is 17.0 Å². The van der Waals surface area contributed by atoms with Gasteiger partial charge in [-0.05, 0) is 36.1 Å². The summed E-state index contributed by atoms with van der Waals surface area (Å²) in [5.41, 5.74) is 3.33. The number of nitrogens with zero attached hydrogens (tertiary/aromatic N) is 6. The number of rotatable bonds is 12. The van der Waals surface area contributed by atoms with Crippen molar-refractivity contribution in [2.24, 2.45) is 0 Å². The molecule has 5 aromatic rings. The van der Waals surface area contributed by atoms with Gasteiger partial charge in [0.25, 0.3) is 11.2 Å². The van der Waals surface area contributed by atoms with E-state index in [-0.39, 0.29) is 5.69 Å². The van der Waals surface area contributed by atoms with Crippen molar-refractivity contribution in [1.29, 1.82) is 0 Å². The molecule has 11 heteroatoms. The van der Waals surface area contributed by atoms with Crippen molar-refractivity contribution in [3.63, 3.8) is 0 Å². The molecule has 0 aliphatic heterocycles. The molecular weight excluding hydrogens is 524 g/mol. The van der Waals surface area contributed by atoms with Gasteiger partial charge in [0.05, 0.1) is 25.7 Å². The second kappa shape index (κ2) is 12.9. The number of H-pyrrole nitrogens is 1. The quantitative estimate of drug-likeness (QED) is 0.0875. The highest BCUT2D eigenvalue weighted by Crippen LogP contribution is 2.29. The molecule has 0 saturated carbocycles. The second-order valence-corrected chi connectivity index (χ2v) is 10.1. The van der Waals surface area contributed by atoms with E-state index < -0.39 is 5.56 Å². The Hall–Kier alpha value is -4.69. The molecule has 0 aliphatic carbocycles. The molecule has 0 aliphatic rings. The number of unbranched alkanes of at least 4 members (excludes halogenated alkanes) is 2. The summed E-state index contributed by atoms with van der Waals surface area (Å²) in [5, 5.41) is 3.87. The van der Waals surface area contributed by atoms with E-state index in [4.69, 9.17) is 11.3 Å². The molecule has 0 fully saturated rings. The Labute approximate surface area is 235 Å². The number of ether oxygens (including phenoxy) is 1. The maximum absolute atomic E-state index is 12.6. The molecule has 0 spiro atoms. The molecule has 0 saturated heterocycles. The van der Waals surface area contributed by atoms with Gasteiger partial charge in [-0.1, -0.05) is 60.6 Å². The highest BCUT2D eigenvalue weighted by Gasteiger charge is 2.15. The minimum Gasteiger partial charge on any atom is -0.497 e. The predicted octanol–water partition coefficient (Wildman–Crippen LogP) is 5.71. The summed E-state index contributed by atoms with van der Waals surface area (Å²) in [5.74, 6) is 2.16. The Kier molecular flexibility index (Phi) is 8.68. The first-order valence-corrected chi connectivity index (χ1v) is 13.9. The standard InChI is InChI=1S/C29H28N8O2S/c1-30-24-23(21-12-9-13-22(16-21)39-2)35-29(36-28(24)38)40-15-8-4-7-14-37-19-34-25-26(32-18-33-27(25)37)31-17-20-10-5-3-6-11-20/h3,5-6,9-13,16,18-19H,4,7-8,14-15,17H2,2H3,(H,31,32,33)(H,35,36,38). The van der Waals surface area contributed by atoms with Gasteiger partial charge in [-0.2, -0.15) is 0 Å². The van der Waals surface area contributed by atoms with Crippen molar-refractivity contribution in [2.45, 2.75) is 37.5 Å². The van der Waals surface area contributed by atoms with Crippen molar-refractivity contribution in [2.75, 3.05) is 18.2 Å². The molecule has 202 valence electrons. The SMILES string of the molecule is [C-]#[N+]c1c(-c2cccc(OC)c2)nc(SCCCCCn2cnc3c(NCc4ccccc4)ncnc32)[nH]c1=O. The molecule has 0 amide bonds. The molecule has 40 heavy (non-hydrogen) atoms. The number of benzene rings is 2. The molecular formula is C29H28N8O2S. The van der Waals surface area contributed by atoms with Gasteiger partial charge >= 0.3 is 0 Å². The van der Waals surface area contributed by atoms with Crippen molar-refractivity contribution >= 4 is 34.4 Å². The van der Waals surface area contributed by atoms with Crippen LogP contribution >= 0.6 is 11.8 Å². The Morgan fingerprint density at radius 1 is 1.07 bits per heavy atom. The molecule has 0 atom stereocenters. The minimum absolute atomic E-state index is 0.0209. The van der Waals surface area contributed by atoms with Crippen LogP contribution in [0, 0.1) is 6.57 Å². The van der Waals surface area contributed by atoms with E-state index in [2.05, 4.69) is 51.8 Å². The van der Waals surface area contributed by atoms with Gasteiger partial charge in [0.1, 0.15) is 17.6 Å². The summed E-state index contributed by atoms with van der Waals surface area (Å²) in [4.78, 5) is 36.7. The molecule has 3 heterocycles. The Morgan fingerprint density at radius 3 is 2.77 bits per heavy atom. The van der Waals surface area contributed by atoms with Crippen LogP contribution in [0.4, 0.5) is 11.5 Å². The highest BCUT2D eigenvalue weighted by atomic mass is 32.2. The van der Waals surface area contributed by atoms with E-state index >= 15 is 0 Å². The van der Waals surface area contributed by atoms with E-state index in [9.17, 15) is 4.79 Å². The van der Waals surface area contributed by atoms with Gasteiger partial charge in [0.2, 0.25) is 0 Å².